The summed E-state index contributed by atoms with van der Waals surface area (Å²) in [4.78, 5) is 45.4. The number of Topliss-reactive ketones (excluding diaryl/α,β-unsaturated/α-hetero) is 1. The van der Waals surface area contributed by atoms with Gasteiger partial charge in [-0.3, -0.25) is 14.4 Å². The minimum Gasteiger partial charge on any atom is -0.481 e. The molecule has 3 rings (SSSR count). The zero-order valence-electron chi connectivity index (χ0n) is 21.7. The molecule has 0 radical (unpaired) electrons. The van der Waals surface area contributed by atoms with Gasteiger partial charge in [0.2, 0.25) is 0 Å². The van der Waals surface area contributed by atoms with Gasteiger partial charge in [0.25, 0.3) is 0 Å². The predicted molar refractivity (Wildman–Crippen MR) is 144 cm³/mol. The molecule has 0 bridgehead atoms. The summed E-state index contributed by atoms with van der Waals surface area (Å²) < 4.78 is 39.6. The van der Waals surface area contributed by atoms with Crippen LogP contribution in [-0.4, -0.2) is 79.9 Å². The second-order valence-electron chi connectivity index (χ2n) is 9.33. The molecule has 6 N–H and O–H groups in total. The number of piperidine rings is 1. The Morgan fingerprint density at radius 2 is 1.44 bits per heavy atom. The fraction of sp³-hybridized carbons (Fsp3) is 0.346. The molecule has 0 unspecified atom stereocenters. The third-order valence-electron chi connectivity index (χ3n) is 6.02. The number of halogens is 3. The molecular formula is C26H28F3N3O8S. The summed E-state index contributed by atoms with van der Waals surface area (Å²) in [5.41, 5.74) is -1.61. The van der Waals surface area contributed by atoms with E-state index in [9.17, 15) is 32.3 Å². The van der Waals surface area contributed by atoms with Crippen LogP contribution in [0.2, 0.25) is 0 Å². The first-order valence-electron chi connectivity index (χ1n) is 12.1. The van der Waals surface area contributed by atoms with Crippen LogP contribution in [-0.2, 0) is 14.4 Å². The number of hydrogen-bond donors (Lipinski definition) is 6. The Labute approximate surface area is 237 Å². The molecule has 0 atom stereocenters. The molecule has 15 heteroatoms. The van der Waals surface area contributed by atoms with Crippen molar-refractivity contribution in [3.8, 4) is 0 Å². The number of carboxylic acid groups (broad SMARTS) is 3. The topological polar surface area (TPSA) is 176 Å². The SMILES string of the molecule is CN1CCC(C(=O)c2cccc(NC(=S)Nc3cc(F)c(F)c(F)c3)c2)CC1.O=C(O)CC(O)(CC(=O)O)C(=O)O. The van der Waals surface area contributed by atoms with E-state index in [-0.39, 0.29) is 22.5 Å². The molecule has 1 saturated heterocycles. The molecule has 2 aromatic carbocycles. The maximum atomic E-state index is 13.3. The first-order valence-corrected chi connectivity index (χ1v) is 12.5. The van der Waals surface area contributed by atoms with Gasteiger partial charge < -0.3 is 36.0 Å². The summed E-state index contributed by atoms with van der Waals surface area (Å²) in [5.74, 6) is -9.08. The van der Waals surface area contributed by atoms with Crippen LogP contribution in [0.1, 0.15) is 36.0 Å². The summed E-state index contributed by atoms with van der Waals surface area (Å²) >= 11 is 5.13. The Morgan fingerprint density at radius 1 is 0.927 bits per heavy atom. The number of nitrogens with zero attached hydrogens (tertiary/aromatic N) is 1. The van der Waals surface area contributed by atoms with E-state index in [1.165, 1.54) is 0 Å². The van der Waals surface area contributed by atoms with Gasteiger partial charge in [-0.25, -0.2) is 18.0 Å². The molecule has 2 aromatic rings. The maximum Gasteiger partial charge on any atom is 0.336 e. The number of aliphatic hydroxyl groups is 1. The van der Waals surface area contributed by atoms with Crippen molar-refractivity contribution in [3.05, 3.63) is 59.4 Å². The number of rotatable bonds is 9. The molecule has 41 heavy (non-hydrogen) atoms. The van der Waals surface area contributed by atoms with Gasteiger partial charge in [-0.05, 0) is 57.3 Å². The molecule has 1 fully saturated rings. The van der Waals surface area contributed by atoms with E-state index in [0.717, 1.165) is 38.1 Å². The van der Waals surface area contributed by atoms with Gasteiger partial charge in [-0.2, -0.15) is 0 Å². The summed E-state index contributed by atoms with van der Waals surface area (Å²) in [6, 6.07) is 8.54. The molecular weight excluding hydrogens is 571 g/mol. The van der Waals surface area contributed by atoms with Crippen LogP contribution < -0.4 is 10.6 Å². The van der Waals surface area contributed by atoms with Crippen LogP contribution in [0.15, 0.2) is 36.4 Å². The smallest absolute Gasteiger partial charge is 0.336 e. The minimum absolute atomic E-state index is 0.00157. The first kappa shape index (κ1) is 33.1. The number of aliphatic carboxylic acids is 3. The Balaban J connectivity index is 0.000000383. The van der Waals surface area contributed by atoms with Gasteiger partial charge in [0.1, 0.15) is 0 Å². The highest BCUT2D eigenvalue weighted by Crippen LogP contribution is 2.23. The van der Waals surface area contributed by atoms with Crippen LogP contribution in [0.25, 0.3) is 0 Å². The molecule has 11 nitrogen and oxygen atoms in total. The number of thiocarbonyl (C=S) groups is 1. The Hall–Kier alpha value is -4.08. The highest BCUT2D eigenvalue weighted by Gasteiger charge is 2.40. The zero-order chi connectivity index (χ0) is 30.9. The molecule has 222 valence electrons. The van der Waals surface area contributed by atoms with Crippen LogP contribution in [0.4, 0.5) is 24.5 Å². The van der Waals surface area contributed by atoms with Gasteiger partial charge in [0, 0.05) is 35.0 Å². The molecule has 1 aliphatic rings. The van der Waals surface area contributed by atoms with Crippen molar-refractivity contribution >= 4 is 52.4 Å². The summed E-state index contributed by atoms with van der Waals surface area (Å²) in [6.45, 7) is 1.79. The summed E-state index contributed by atoms with van der Waals surface area (Å²) in [6.07, 6.45) is -0.632. The van der Waals surface area contributed by atoms with Crippen molar-refractivity contribution in [2.45, 2.75) is 31.3 Å². The Morgan fingerprint density at radius 3 is 1.93 bits per heavy atom. The van der Waals surface area contributed by atoms with Crippen molar-refractivity contribution in [3.63, 3.8) is 0 Å². The van der Waals surface area contributed by atoms with E-state index in [0.29, 0.717) is 11.3 Å². The van der Waals surface area contributed by atoms with Crippen LogP contribution in [0.5, 0.6) is 0 Å². The van der Waals surface area contributed by atoms with E-state index < -0.39 is 53.8 Å². The molecule has 0 saturated carbocycles. The fourth-order valence-electron chi connectivity index (χ4n) is 3.89. The molecule has 0 aliphatic carbocycles. The number of anilines is 2. The van der Waals surface area contributed by atoms with Gasteiger partial charge in [0.05, 0.1) is 12.8 Å². The van der Waals surface area contributed by atoms with Gasteiger partial charge in [-0.15, -0.1) is 0 Å². The lowest BCUT2D eigenvalue weighted by molar-refractivity contribution is -0.170. The van der Waals surface area contributed by atoms with E-state index in [2.05, 4.69) is 15.5 Å². The third-order valence-corrected chi connectivity index (χ3v) is 6.23. The molecule has 0 amide bonds. The lowest BCUT2D eigenvalue weighted by atomic mass is 9.89. The van der Waals surface area contributed by atoms with Crippen molar-refractivity contribution in [1.82, 2.24) is 4.90 Å². The van der Waals surface area contributed by atoms with Crippen molar-refractivity contribution in [1.29, 1.82) is 0 Å². The number of likely N-dealkylation sites (tertiary alicyclic amines) is 1. The molecule has 0 spiro atoms. The quantitative estimate of drug-likeness (QED) is 0.141. The van der Waals surface area contributed by atoms with Gasteiger partial charge in [-0.1, -0.05) is 12.1 Å². The molecule has 1 aliphatic heterocycles. The highest BCUT2D eigenvalue weighted by atomic mass is 32.1. The van der Waals surface area contributed by atoms with E-state index in [4.69, 9.17) is 32.6 Å². The standard InChI is InChI=1S/C20H20F3N3OS.C6H8O7/c1-26-7-5-12(6-8-26)19(27)13-3-2-4-14(9-13)24-20(28)25-15-10-16(21)18(23)17(22)11-15;7-3(8)1-6(13,5(11)12)2-4(9)10/h2-4,9-12H,5-8H2,1H3,(H2,24,25,28);13H,1-2H2,(H,7,8)(H,9,10)(H,11,12). The van der Waals surface area contributed by atoms with Crippen molar-refractivity contribution < 1.29 is 52.8 Å². The van der Waals surface area contributed by atoms with Gasteiger partial charge in [0.15, 0.2) is 33.9 Å². The van der Waals surface area contributed by atoms with E-state index >= 15 is 0 Å². The summed E-state index contributed by atoms with van der Waals surface area (Å²) in [7, 11) is 2.04. The number of nitrogens with one attached hydrogen (secondary N) is 2. The summed E-state index contributed by atoms with van der Waals surface area (Å²) in [5, 5.41) is 39.3. The molecule has 1 heterocycles. The van der Waals surface area contributed by atoms with E-state index in [1.807, 2.05) is 7.05 Å². The van der Waals surface area contributed by atoms with Crippen molar-refractivity contribution in [2.75, 3.05) is 30.8 Å². The first-order chi connectivity index (χ1) is 19.1. The van der Waals surface area contributed by atoms with Crippen LogP contribution >= 0.6 is 12.2 Å². The maximum absolute atomic E-state index is 13.3. The molecule has 0 aromatic heterocycles. The highest BCUT2D eigenvalue weighted by molar-refractivity contribution is 7.80. The predicted octanol–water partition coefficient (Wildman–Crippen LogP) is 3.19. The van der Waals surface area contributed by atoms with E-state index in [1.54, 1.807) is 24.3 Å². The number of hydrogen-bond acceptors (Lipinski definition) is 7. The Bertz CT molecular complexity index is 1280. The normalized spacial score (nSPS) is 13.9. The third kappa shape index (κ3) is 10.1. The second kappa shape index (κ2) is 14.5. The van der Waals surface area contributed by atoms with Crippen LogP contribution in [0.3, 0.4) is 0 Å². The number of carbonyl (C=O) groups is 4. The average molecular weight is 600 g/mol. The van der Waals surface area contributed by atoms with Crippen molar-refractivity contribution in [2.24, 2.45) is 5.92 Å². The monoisotopic (exact) mass is 599 g/mol. The number of carboxylic acids is 3. The zero-order valence-corrected chi connectivity index (χ0v) is 22.5. The van der Waals surface area contributed by atoms with Crippen LogP contribution in [0, 0.1) is 23.4 Å². The second-order valence-corrected chi connectivity index (χ2v) is 9.74. The fourth-order valence-corrected chi connectivity index (χ4v) is 4.13. The Kier molecular flexibility index (Phi) is 11.7. The number of carbonyl (C=O) groups excluding carboxylic acids is 1. The van der Waals surface area contributed by atoms with Gasteiger partial charge >= 0.3 is 17.9 Å². The lowest BCUT2D eigenvalue weighted by Gasteiger charge is -2.28. The largest absolute Gasteiger partial charge is 0.481 e. The average Bonchev–Trinajstić information content (AvgIpc) is 2.86. The lowest BCUT2D eigenvalue weighted by Crippen LogP contribution is -2.42. The minimum atomic E-state index is -2.74. The number of benzene rings is 2. The number of ketones is 1.